The number of carboxylic acids is 2. The largest absolute Gasteiger partial charge is 0.490 e. The molecule has 0 aliphatic rings. The van der Waals surface area contributed by atoms with Crippen LogP contribution in [-0.4, -0.2) is 42.6 Å². The number of fused-ring (bicyclic) bond motifs is 1. The third-order valence-corrected chi connectivity index (χ3v) is 7.77. The molecule has 0 fully saturated rings. The number of amidine groups is 1. The SMILES string of the molecule is N=C(N)c1ccc2cc(Oc3ccc(NS(=O)(=O)c4ccc(F)cc4)cc3-c3cccc(C(=O)O)c3)ccc2c1.O=C(O)C(F)(F)F. The summed E-state index contributed by atoms with van der Waals surface area (Å²) in [5.74, 6) is -3.63. The first kappa shape index (κ1) is 33.9. The second kappa shape index (κ2) is 13.6. The number of hydrogen-bond acceptors (Lipinski definition) is 6. The number of rotatable bonds is 8. The molecule has 0 heterocycles. The first-order valence-electron chi connectivity index (χ1n) is 13.2. The van der Waals surface area contributed by atoms with E-state index in [9.17, 15) is 35.9 Å². The lowest BCUT2D eigenvalue weighted by Gasteiger charge is -2.15. The van der Waals surface area contributed by atoms with Gasteiger partial charge in [0.05, 0.1) is 10.5 Å². The first-order valence-corrected chi connectivity index (χ1v) is 14.6. The molecule has 0 aliphatic heterocycles. The molecule has 0 saturated heterocycles. The molecule has 0 saturated carbocycles. The molecule has 5 aromatic rings. The van der Waals surface area contributed by atoms with E-state index in [4.69, 9.17) is 25.8 Å². The fourth-order valence-corrected chi connectivity index (χ4v) is 5.19. The van der Waals surface area contributed by atoms with E-state index in [1.165, 1.54) is 24.3 Å². The first-order chi connectivity index (χ1) is 22.0. The molecule has 0 amide bonds. The van der Waals surface area contributed by atoms with Crippen LogP contribution in [0.25, 0.3) is 21.9 Å². The fourth-order valence-electron chi connectivity index (χ4n) is 4.14. The van der Waals surface area contributed by atoms with Crippen LogP contribution in [0.3, 0.4) is 0 Å². The lowest BCUT2D eigenvalue weighted by molar-refractivity contribution is -0.192. The maximum atomic E-state index is 13.3. The molecule has 0 atom stereocenters. The maximum absolute atomic E-state index is 13.3. The highest BCUT2D eigenvalue weighted by molar-refractivity contribution is 7.92. The van der Waals surface area contributed by atoms with Crippen molar-refractivity contribution in [1.82, 2.24) is 0 Å². The summed E-state index contributed by atoms with van der Waals surface area (Å²) < 4.78 is 79.5. The van der Waals surface area contributed by atoms with Crippen molar-refractivity contribution in [2.24, 2.45) is 5.73 Å². The Kier molecular flexibility index (Phi) is 9.80. The van der Waals surface area contributed by atoms with Crippen LogP contribution in [0.5, 0.6) is 11.5 Å². The molecular weight excluding hydrogens is 646 g/mol. The Hall–Kier alpha value is -5.96. The summed E-state index contributed by atoms with van der Waals surface area (Å²) in [5, 5.41) is 26.0. The normalized spacial score (nSPS) is 11.2. The zero-order valence-electron chi connectivity index (χ0n) is 23.7. The molecule has 47 heavy (non-hydrogen) atoms. The molecule has 6 N–H and O–H groups in total. The average Bonchev–Trinajstić information content (AvgIpc) is 3.01. The van der Waals surface area contributed by atoms with Gasteiger partial charge in [-0.15, -0.1) is 0 Å². The van der Waals surface area contributed by atoms with E-state index < -0.39 is 34.0 Å². The second-order valence-electron chi connectivity index (χ2n) is 9.70. The van der Waals surface area contributed by atoms with Gasteiger partial charge in [0.1, 0.15) is 23.2 Å². The van der Waals surface area contributed by atoms with Crippen LogP contribution in [0.2, 0.25) is 0 Å². The summed E-state index contributed by atoms with van der Waals surface area (Å²) in [6.07, 6.45) is -5.08. The number of ether oxygens (including phenoxy) is 1. The van der Waals surface area contributed by atoms with Gasteiger partial charge in [0.2, 0.25) is 0 Å². The number of aliphatic carboxylic acids is 1. The number of carbonyl (C=O) groups is 2. The predicted molar refractivity (Wildman–Crippen MR) is 165 cm³/mol. The monoisotopic (exact) mass is 669 g/mol. The summed E-state index contributed by atoms with van der Waals surface area (Å²) >= 11 is 0. The van der Waals surface area contributed by atoms with Crippen molar-refractivity contribution in [3.8, 4) is 22.6 Å². The van der Waals surface area contributed by atoms with E-state index in [1.54, 1.807) is 36.4 Å². The number of aromatic carboxylic acids is 1. The highest BCUT2D eigenvalue weighted by atomic mass is 32.2. The average molecular weight is 670 g/mol. The van der Waals surface area contributed by atoms with Crippen LogP contribution >= 0.6 is 0 Å². The van der Waals surface area contributed by atoms with Crippen molar-refractivity contribution in [3.63, 3.8) is 0 Å². The van der Waals surface area contributed by atoms with E-state index in [0.29, 0.717) is 28.2 Å². The van der Waals surface area contributed by atoms with Crippen molar-refractivity contribution in [1.29, 1.82) is 5.41 Å². The zero-order chi connectivity index (χ0) is 34.5. The number of sulfonamides is 1. The summed E-state index contributed by atoms with van der Waals surface area (Å²) in [6.45, 7) is 0. The minimum atomic E-state index is -5.08. The molecule has 5 rings (SSSR count). The van der Waals surface area contributed by atoms with Crippen LogP contribution < -0.4 is 15.2 Å². The second-order valence-corrected chi connectivity index (χ2v) is 11.4. The summed E-state index contributed by atoms with van der Waals surface area (Å²) in [5.41, 5.74) is 7.36. The Morgan fingerprint density at radius 1 is 0.809 bits per heavy atom. The summed E-state index contributed by atoms with van der Waals surface area (Å²) in [6, 6.07) is 26.0. The van der Waals surface area contributed by atoms with Crippen LogP contribution in [0.1, 0.15) is 15.9 Å². The van der Waals surface area contributed by atoms with E-state index >= 15 is 0 Å². The van der Waals surface area contributed by atoms with Crippen molar-refractivity contribution in [3.05, 3.63) is 120 Å². The number of benzene rings is 5. The van der Waals surface area contributed by atoms with Gasteiger partial charge in [-0.25, -0.2) is 22.4 Å². The van der Waals surface area contributed by atoms with Gasteiger partial charge in [0.15, 0.2) is 0 Å². The van der Waals surface area contributed by atoms with Gasteiger partial charge >= 0.3 is 18.1 Å². The van der Waals surface area contributed by atoms with Crippen LogP contribution in [0.4, 0.5) is 23.2 Å². The van der Waals surface area contributed by atoms with Crippen LogP contribution in [0, 0.1) is 11.2 Å². The maximum Gasteiger partial charge on any atom is 0.490 e. The number of nitrogens with one attached hydrogen (secondary N) is 2. The van der Waals surface area contributed by atoms with Crippen molar-refractivity contribution < 1.29 is 50.5 Å². The third kappa shape index (κ3) is 8.61. The molecule has 0 radical (unpaired) electrons. The number of halogens is 4. The van der Waals surface area contributed by atoms with Crippen LogP contribution in [-0.2, 0) is 14.8 Å². The van der Waals surface area contributed by atoms with Gasteiger partial charge in [-0.1, -0.05) is 30.3 Å². The minimum Gasteiger partial charge on any atom is -0.478 e. The molecule has 0 unspecified atom stereocenters. The van der Waals surface area contributed by atoms with E-state index in [-0.39, 0.29) is 22.0 Å². The Morgan fingerprint density at radius 2 is 1.45 bits per heavy atom. The minimum absolute atomic E-state index is 0.0365. The van der Waals surface area contributed by atoms with E-state index in [1.807, 2.05) is 18.2 Å². The lowest BCUT2D eigenvalue weighted by Crippen LogP contribution is -2.21. The number of carboxylic acid groups (broad SMARTS) is 2. The number of anilines is 1. The van der Waals surface area contributed by atoms with Gasteiger partial charge in [-0.2, -0.15) is 13.2 Å². The molecule has 10 nitrogen and oxygen atoms in total. The Bertz CT molecular complexity index is 2100. The quantitative estimate of drug-likeness (QED) is 0.0676. The number of alkyl halides is 3. The van der Waals surface area contributed by atoms with Crippen molar-refractivity contribution >= 4 is 44.3 Å². The fraction of sp³-hybridized carbons (Fsp3) is 0.0312. The number of hydrogen-bond donors (Lipinski definition) is 5. The van der Waals surface area contributed by atoms with Crippen molar-refractivity contribution in [2.45, 2.75) is 11.1 Å². The number of nitrogens with two attached hydrogens (primary N) is 1. The zero-order valence-corrected chi connectivity index (χ0v) is 24.6. The van der Waals surface area contributed by atoms with Gasteiger partial charge in [0.25, 0.3) is 10.0 Å². The molecule has 0 aliphatic carbocycles. The van der Waals surface area contributed by atoms with Gasteiger partial charge < -0.3 is 20.7 Å². The summed E-state index contributed by atoms with van der Waals surface area (Å²) in [7, 11) is -4.03. The number of nitrogen functional groups attached to an aromatic ring is 1. The predicted octanol–water partition coefficient (Wildman–Crippen LogP) is 6.85. The van der Waals surface area contributed by atoms with Gasteiger partial charge in [-0.05, 0) is 89.1 Å². The molecule has 0 spiro atoms. The molecule has 15 heteroatoms. The van der Waals surface area contributed by atoms with Crippen LogP contribution in [0.15, 0.2) is 108 Å². The molecule has 0 bridgehead atoms. The van der Waals surface area contributed by atoms with Gasteiger partial charge in [-0.3, -0.25) is 10.1 Å². The van der Waals surface area contributed by atoms with E-state index in [0.717, 1.165) is 35.0 Å². The molecular formula is C32H23F4N3O7S. The standard InChI is InChI=1S/C30H22FN3O5S.C2HF3O2/c31-23-7-11-26(12-8-23)40(37,38)34-24-9-13-28(27(17-24)20-2-1-3-22(15-20)30(35)36)39-25-10-6-18-14-21(29(32)33)5-4-19(18)16-25;3-2(4,5)1(6)7/h1-17,34H,(H3,32,33)(H,35,36);(H,6,7). The highest BCUT2D eigenvalue weighted by Crippen LogP contribution is 2.37. The topological polar surface area (TPSA) is 180 Å². The highest BCUT2D eigenvalue weighted by Gasteiger charge is 2.38. The molecule has 0 aromatic heterocycles. The van der Waals surface area contributed by atoms with Gasteiger partial charge in [0, 0.05) is 16.8 Å². The smallest absolute Gasteiger partial charge is 0.478 e. The lowest BCUT2D eigenvalue weighted by atomic mass is 10.0. The van der Waals surface area contributed by atoms with E-state index in [2.05, 4.69) is 4.72 Å². The molecule has 242 valence electrons. The third-order valence-electron chi connectivity index (χ3n) is 6.37. The van der Waals surface area contributed by atoms with Crippen molar-refractivity contribution in [2.75, 3.05) is 4.72 Å². The summed E-state index contributed by atoms with van der Waals surface area (Å²) in [4.78, 5) is 20.4. The Balaban J connectivity index is 0.000000644. The molecule has 5 aromatic carbocycles. The Morgan fingerprint density at radius 3 is 2.06 bits per heavy atom. The Labute approximate surface area is 264 Å².